The highest BCUT2D eigenvalue weighted by atomic mass is 19.1. The van der Waals surface area contributed by atoms with E-state index < -0.39 is 17.6 Å². The molecule has 0 amide bonds. The Morgan fingerprint density at radius 3 is 2.81 bits per heavy atom. The van der Waals surface area contributed by atoms with Crippen LogP contribution >= 0.6 is 0 Å². The van der Waals surface area contributed by atoms with E-state index in [1.807, 2.05) is 0 Å². The molecule has 0 aliphatic carbocycles. The SMILES string of the molecule is COC(=O)CCNc1nc(C(N)=CC(=NCc2ccccc2F)c2ccon2)ncc1F. The number of nitrogens with two attached hydrogens (primary N) is 1. The number of ether oxygens (including phenoxy) is 1. The third-order valence-electron chi connectivity index (χ3n) is 4.22. The van der Waals surface area contributed by atoms with E-state index in [2.05, 4.69) is 30.2 Å². The lowest BCUT2D eigenvalue weighted by Crippen LogP contribution is -2.14. The van der Waals surface area contributed by atoms with E-state index in [1.54, 1.807) is 24.3 Å². The Morgan fingerprint density at radius 1 is 1.28 bits per heavy atom. The lowest BCUT2D eigenvalue weighted by molar-refractivity contribution is -0.140. The van der Waals surface area contributed by atoms with Gasteiger partial charge in [-0.05, 0) is 12.1 Å². The number of benzene rings is 1. The third-order valence-corrected chi connectivity index (χ3v) is 4.22. The van der Waals surface area contributed by atoms with Gasteiger partial charge in [-0.1, -0.05) is 23.4 Å². The van der Waals surface area contributed by atoms with Gasteiger partial charge in [-0.15, -0.1) is 0 Å². The van der Waals surface area contributed by atoms with E-state index in [4.69, 9.17) is 10.3 Å². The van der Waals surface area contributed by atoms with Crippen molar-refractivity contribution < 1.29 is 22.8 Å². The van der Waals surface area contributed by atoms with Crippen molar-refractivity contribution in [2.75, 3.05) is 19.0 Å². The van der Waals surface area contributed by atoms with Gasteiger partial charge in [0.2, 0.25) is 0 Å². The average Bonchev–Trinajstić information content (AvgIpc) is 3.33. The van der Waals surface area contributed by atoms with Gasteiger partial charge >= 0.3 is 5.97 Å². The molecule has 0 unspecified atom stereocenters. The second-order valence-electron chi connectivity index (χ2n) is 6.42. The number of hydrogen-bond donors (Lipinski definition) is 2. The predicted octanol–water partition coefficient (Wildman–Crippen LogP) is 2.71. The number of nitrogens with zero attached hydrogens (tertiary/aromatic N) is 4. The fourth-order valence-electron chi connectivity index (χ4n) is 2.57. The monoisotopic (exact) mass is 442 g/mol. The van der Waals surface area contributed by atoms with Crippen molar-refractivity contribution in [3.8, 4) is 0 Å². The summed E-state index contributed by atoms with van der Waals surface area (Å²) in [6.45, 7) is 0.140. The van der Waals surface area contributed by atoms with Crippen LogP contribution in [0.1, 0.15) is 23.5 Å². The number of esters is 1. The van der Waals surface area contributed by atoms with Crippen molar-refractivity contribution in [1.29, 1.82) is 0 Å². The molecule has 0 aliphatic rings. The van der Waals surface area contributed by atoms with E-state index in [0.717, 1.165) is 6.20 Å². The van der Waals surface area contributed by atoms with Gasteiger partial charge in [0.15, 0.2) is 17.5 Å². The number of aliphatic imine (C=N–C) groups is 1. The number of carbonyl (C=O) groups excluding carboxylic acids is 1. The minimum atomic E-state index is -0.712. The number of allylic oxidation sites excluding steroid dienone is 1. The van der Waals surface area contributed by atoms with E-state index in [1.165, 1.54) is 25.5 Å². The normalized spacial score (nSPS) is 12.0. The molecule has 9 nitrogen and oxygen atoms in total. The summed E-state index contributed by atoms with van der Waals surface area (Å²) >= 11 is 0. The molecule has 2 heterocycles. The van der Waals surface area contributed by atoms with E-state index >= 15 is 0 Å². The smallest absolute Gasteiger partial charge is 0.307 e. The summed E-state index contributed by atoms with van der Waals surface area (Å²) in [4.78, 5) is 23.6. The number of anilines is 1. The van der Waals surface area contributed by atoms with Crippen LogP contribution in [0.5, 0.6) is 0 Å². The largest absolute Gasteiger partial charge is 0.469 e. The first-order valence-corrected chi connectivity index (χ1v) is 9.47. The van der Waals surface area contributed by atoms with Crippen LogP contribution in [0, 0.1) is 11.6 Å². The summed E-state index contributed by atoms with van der Waals surface area (Å²) in [5.41, 5.74) is 7.23. The predicted molar refractivity (Wildman–Crippen MR) is 112 cm³/mol. The van der Waals surface area contributed by atoms with Crippen LogP contribution in [0.25, 0.3) is 5.70 Å². The highest BCUT2D eigenvalue weighted by Crippen LogP contribution is 2.15. The molecular weight excluding hydrogens is 422 g/mol. The molecule has 2 aromatic heterocycles. The summed E-state index contributed by atoms with van der Waals surface area (Å²) in [7, 11) is 1.26. The Labute approximate surface area is 182 Å². The number of nitrogens with one attached hydrogen (secondary N) is 1. The maximum Gasteiger partial charge on any atom is 0.307 e. The molecule has 3 N–H and O–H groups in total. The molecule has 0 saturated carbocycles. The molecule has 0 spiro atoms. The van der Waals surface area contributed by atoms with Gasteiger partial charge in [-0.3, -0.25) is 9.79 Å². The molecule has 0 radical (unpaired) electrons. The molecule has 0 aliphatic heterocycles. The summed E-state index contributed by atoms with van der Waals surface area (Å²) < 4.78 is 37.4. The fourth-order valence-corrected chi connectivity index (χ4v) is 2.57. The Balaban J connectivity index is 1.84. The number of halogens is 2. The molecule has 0 fully saturated rings. The van der Waals surface area contributed by atoms with E-state index in [0.29, 0.717) is 17.0 Å². The van der Waals surface area contributed by atoms with Crippen LogP contribution < -0.4 is 11.1 Å². The molecule has 3 rings (SSSR count). The van der Waals surface area contributed by atoms with Gasteiger partial charge in [0.1, 0.15) is 17.8 Å². The number of carbonyl (C=O) groups is 1. The minimum Gasteiger partial charge on any atom is -0.469 e. The van der Waals surface area contributed by atoms with Crippen molar-refractivity contribution in [2.24, 2.45) is 10.7 Å². The van der Waals surface area contributed by atoms with Gasteiger partial charge in [-0.2, -0.15) is 0 Å². The molecule has 11 heteroatoms. The zero-order valence-electron chi connectivity index (χ0n) is 17.1. The van der Waals surface area contributed by atoms with Crippen LogP contribution in [0.4, 0.5) is 14.6 Å². The Bertz CT molecular complexity index is 1130. The fraction of sp³-hybridized carbons (Fsp3) is 0.190. The number of aromatic nitrogens is 3. The number of methoxy groups -OCH3 is 1. The van der Waals surface area contributed by atoms with Gasteiger partial charge in [0, 0.05) is 18.2 Å². The highest BCUT2D eigenvalue weighted by Gasteiger charge is 2.12. The van der Waals surface area contributed by atoms with Crippen molar-refractivity contribution in [1.82, 2.24) is 15.1 Å². The van der Waals surface area contributed by atoms with E-state index in [9.17, 15) is 13.6 Å². The maximum atomic E-state index is 14.0. The topological polar surface area (TPSA) is 129 Å². The van der Waals surface area contributed by atoms with Crippen molar-refractivity contribution >= 4 is 23.2 Å². The van der Waals surface area contributed by atoms with Crippen molar-refractivity contribution in [2.45, 2.75) is 13.0 Å². The minimum absolute atomic E-state index is 0.0223. The van der Waals surface area contributed by atoms with Crippen LogP contribution in [0.15, 0.2) is 58.4 Å². The maximum absolute atomic E-state index is 14.0. The van der Waals surface area contributed by atoms with Gasteiger partial charge in [0.25, 0.3) is 0 Å². The molecule has 0 atom stereocenters. The van der Waals surface area contributed by atoms with Gasteiger partial charge in [-0.25, -0.2) is 18.7 Å². The second-order valence-corrected chi connectivity index (χ2v) is 6.42. The average molecular weight is 442 g/mol. The van der Waals surface area contributed by atoms with Crippen LogP contribution in [-0.2, 0) is 16.1 Å². The van der Waals surface area contributed by atoms with Crippen molar-refractivity contribution in [3.63, 3.8) is 0 Å². The Hall–Kier alpha value is -4.15. The third kappa shape index (κ3) is 5.94. The Kier molecular flexibility index (Phi) is 7.57. The first-order valence-electron chi connectivity index (χ1n) is 9.47. The van der Waals surface area contributed by atoms with E-state index in [-0.39, 0.29) is 36.8 Å². The van der Waals surface area contributed by atoms with Gasteiger partial charge < -0.3 is 20.3 Å². The molecule has 166 valence electrons. The van der Waals surface area contributed by atoms with Crippen LogP contribution in [0.3, 0.4) is 0 Å². The molecule has 1 aromatic carbocycles. The highest BCUT2D eigenvalue weighted by molar-refractivity contribution is 6.10. The number of hydrogen-bond acceptors (Lipinski definition) is 9. The molecular formula is C21H20F2N6O3. The Morgan fingerprint density at radius 2 is 2.09 bits per heavy atom. The lowest BCUT2D eigenvalue weighted by Gasteiger charge is -2.08. The summed E-state index contributed by atoms with van der Waals surface area (Å²) in [6.07, 6.45) is 3.77. The van der Waals surface area contributed by atoms with Crippen LogP contribution in [-0.4, -0.2) is 40.5 Å². The second kappa shape index (κ2) is 10.8. The first-order chi connectivity index (χ1) is 15.5. The zero-order chi connectivity index (χ0) is 22.9. The first kappa shape index (κ1) is 22.5. The van der Waals surface area contributed by atoms with Crippen LogP contribution in [0.2, 0.25) is 0 Å². The standard InChI is InChI=1S/C21H20F2N6O3/c1-31-19(30)6-8-25-20-15(23)12-27-21(28-20)16(24)10-18(17-7-9-32-29-17)26-11-13-4-2-3-5-14(13)22/h2-5,7,9-10,12H,6,8,11,24H2,1H3,(H,25,27,28). The zero-order valence-corrected chi connectivity index (χ0v) is 17.1. The quantitative estimate of drug-likeness (QED) is 0.382. The summed E-state index contributed by atoms with van der Waals surface area (Å²) in [5, 5.41) is 6.54. The molecule has 0 saturated heterocycles. The summed E-state index contributed by atoms with van der Waals surface area (Å²) in [6, 6.07) is 7.81. The molecule has 3 aromatic rings. The molecule has 0 bridgehead atoms. The molecule has 32 heavy (non-hydrogen) atoms. The lowest BCUT2D eigenvalue weighted by atomic mass is 10.2. The van der Waals surface area contributed by atoms with Crippen molar-refractivity contribution in [3.05, 3.63) is 77.6 Å². The summed E-state index contributed by atoms with van der Waals surface area (Å²) in [5.74, 6) is -1.65. The number of rotatable bonds is 9. The van der Waals surface area contributed by atoms with Gasteiger partial charge in [0.05, 0.1) is 37.7 Å².